The second-order valence-electron chi connectivity index (χ2n) is 5.63. The van der Waals surface area contributed by atoms with Crippen molar-refractivity contribution in [3.8, 4) is 5.75 Å². The van der Waals surface area contributed by atoms with Crippen LogP contribution in [0.15, 0.2) is 42.5 Å². The topological polar surface area (TPSA) is 58.6 Å². The van der Waals surface area contributed by atoms with Crippen molar-refractivity contribution in [1.29, 1.82) is 0 Å². The van der Waals surface area contributed by atoms with Crippen molar-refractivity contribution in [1.82, 2.24) is 0 Å². The van der Waals surface area contributed by atoms with Crippen molar-refractivity contribution in [3.05, 3.63) is 53.1 Å². The van der Waals surface area contributed by atoms with Crippen LogP contribution < -0.4 is 15.0 Å². The van der Waals surface area contributed by atoms with Crippen LogP contribution in [0.3, 0.4) is 0 Å². The Morgan fingerprint density at radius 1 is 1.20 bits per heavy atom. The minimum atomic E-state index is -0.181. The molecule has 6 heteroatoms. The first-order valence-electron chi connectivity index (χ1n) is 7.89. The minimum Gasteiger partial charge on any atom is -0.497 e. The van der Waals surface area contributed by atoms with Crippen molar-refractivity contribution >= 4 is 34.8 Å². The standard InChI is InChI=1S/C19H21ClN2O3/c1-13-7-8-15(20)11-18(13)22(14(2)23)10-9-19(24)21-16-5-4-6-17(12-16)25-3/h4-8,11-12H,9-10H2,1-3H3,(H,21,24). The van der Waals surface area contributed by atoms with Gasteiger partial charge in [0.2, 0.25) is 11.8 Å². The fraction of sp³-hybridized carbons (Fsp3) is 0.263. The molecule has 0 aliphatic heterocycles. The van der Waals surface area contributed by atoms with Gasteiger partial charge in [0.05, 0.1) is 7.11 Å². The van der Waals surface area contributed by atoms with Gasteiger partial charge in [-0.25, -0.2) is 0 Å². The predicted octanol–water partition coefficient (Wildman–Crippen LogP) is 4.04. The monoisotopic (exact) mass is 360 g/mol. The van der Waals surface area contributed by atoms with E-state index in [1.165, 1.54) is 6.92 Å². The second-order valence-corrected chi connectivity index (χ2v) is 6.07. The predicted molar refractivity (Wildman–Crippen MR) is 100 cm³/mol. The highest BCUT2D eigenvalue weighted by atomic mass is 35.5. The lowest BCUT2D eigenvalue weighted by atomic mass is 10.1. The molecule has 1 N–H and O–H groups in total. The van der Waals surface area contributed by atoms with Crippen LogP contribution in [0.1, 0.15) is 18.9 Å². The average molecular weight is 361 g/mol. The SMILES string of the molecule is COc1cccc(NC(=O)CCN(C(C)=O)c2cc(Cl)ccc2C)c1. The summed E-state index contributed by atoms with van der Waals surface area (Å²) in [7, 11) is 1.57. The van der Waals surface area contributed by atoms with Gasteiger partial charge in [0.15, 0.2) is 0 Å². The van der Waals surface area contributed by atoms with Crippen molar-refractivity contribution in [2.75, 3.05) is 23.9 Å². The van der Waals surface area contributed by atoms with Crippen molar-refractivity contribution in [3.63, 3.8) is 0 Å². The summed E-state index contributed by atoms with van der Waals surface area (Å²) >= 11 is 6.04. The molecule has 0 saturated carbocycles. The third-order valence-electron chi connectivity index (χ3n) is 3.76. The van der Waals surface area contributed by atoms with Gasteiger partial charge in [-0.15, -0.1) is 0 Å². The van der Waals surface area contributed by atoms with E-state index in [0.29, 0.717) is 22.1 Å². The summed E-state index contributed by atoms with van der Waals surface area (Å²) in [5.41, 5.74) is 2.29. The normalized spacial score (nSPS) is 10.2. The zero-order chi connectivity index (χ0) is 18.4. The summed E-state index contributed by atoms with van der Waals surface area (Å²) < 4.78 is 5.13. The number of anilines is 2. The number of hydrogen-bond acceptors (Lipinski definition) is 3. The number of methoxy groups -OCH3 is 1. The first-order valence-corrected chi connectivity index (χ1v) is 8.26. The molecule has 2 amide bonds. The zero-order valence-electron chi connectivity index (χ0n) is 14.5. The molecular formula is C19H21ClN2O3. The van der Waals surface area contributed by atoms with E-state index < -0.39 is 0 Å². The van der Waals surface area contributed by atoms with E-state index in [2.05, 4.69) is 5.32 Å². The van der Waals surface area contributed by atoms with Crippen molar-refractivity contribution in [2.24, 2.45) is 0 Å². The lowest BCUT2D eigenvalue weighted by Gasteiger charge is -2.23. The van der Waals surface area contributed by atoms with E-state index in [-0.39, 0.29) is 24.8 Å². The Kier molecular flexibility index (Phi) is 6.42. The quantitative estimate of drug-likeness (QED) is 0.845. The lowest BCUT2D eigenvalue weighted by molar-refractivity contribution is -0.117. The molecule has 25 heavy (non-hydrogen) atoms. The van der Waals surface area contributed by atoms with Crippen LogP contribution in [0.25, 0.3) is 0 Å². The van der Waals surface area contributed by atoms with E-state index >= 15 is 0 Å². The van der Waals surface area contributed by atoms with Gasteiger partial charge in [-0.1, -0.05) is 23.7 Å². The van der Waals surface area contributed by atoms with Crippen LogP contribution in [-0.2, 0) is 9.59 Å². The molecule has 0 spiro atoms. The third-order valence-corrected chi connectivity index (χ3v) is 3.99. The van der Waals surface area contributed by atoms with Gasteiger partial charge in [-0.05, 0) is 36.8 Å². The largest absolute Gasteiger partial charge is 0.497 e. The molecule has 0 radical (unpaired) electrons. The summed E-state index contributed by atoms with van der Waals surface area (Å²) in [4.78, 5) is 25.8. The lowest BCUT2D eigenvalue weighted by Crippen LogP contribution is -2.32. The average Bonchev–Trinajstić information content (AvgIpc) is 2.58. The van der Waals surface area contributed by atoms with E-state index in [1.807, 2.05) is 13.0 Å². The summed E-state index contributed by atoms with van der Waals surface area (Å²) in [5.74, 6) is 0.344. The highest BCUT2D eigenvalue weighted by Crippen LogP contribution is 2.25. The number of benzene rings is 2. The van der Waals surface area contributed by atoms with Crippen LogP contribution in [0.4, 0.5) is 11.4 Å². The number of nitrogens with one attached hydrogen (secondary N) is 1. The highest BCUT2D eigenvalue weighted by molar-refractivity contribution is 6.31. The maximum atomic E-state index is 12.2. The Hall–Kier alpha value is -2.53. The van der Waals surface area contributed by atoms with Crippen LogP contribution >= 0.6 is 11.6 Å². The summed E-state index contributed by atoms with van der Waals surface area (Å²) in [6.07, 6.45) is 0.169. The van der Waals surface area contributed by atoms with Crippen LogP contribution in [0.5, 0.6) is 5.75 Å². The van der Waals surface area contributed by atoms with Crippen molar-refractivity contribution in [2.45, 2.75) is 20.3 Å². The van der Waals surface area contributed by atoms with Crippen LogP contribution in [-0.4, -0.2) is 25.5 Å². The number of ether oxygens (including phenoxy) is 1. The van der Waals surface area contributed by atoms with Gasteiger partial charge in [0.25, 0.3) is 0 Å². The number of carbonyl (C=O) groups is 2. The van der Waals surface area contributed by atoms with Gasteiger partial charge < -0.3 is 15.0 Å². The number of rotatable bonds is 6. The van der Waals surface area contributed by atoms with Gasteiger partial charge in [0.1, 0.15) is 5.75 Å². The summed E-state index contributed by atoms with van der Waals surface area (Å²) in [6, 6.07) is 12.5. The Balaban J connectivity index is 2.04. The van der Waals surface area contributed by atoms with E-state index in [9.17, 15) is 9.59 Å². The van der Waals surface area contributed by atoms with E-state index in [0.717, 1.165) is 5.56 Å². The molecule has 0 bridgehead atoms. The molecule has 0 atom stereocenters. The molecular weight excluding hydrogens is 340 g/mol. The molecule has 0 unspecified atom stereocenters. The Morgan fingerprint density at radius 2 is 1.96 bits per heavy atom. The van der Waals surface area contributed by atoms with Gasteiger partial charge in [0, 0.05) is 42.4 Å². The smallest absolute Gasteiger partial charge is 0.226 e. The number of hydrogen-bond donors (Lipinski definition) is 1. The summed E-state index contributed by atoms with van der Waals surface area (Å²) in [5, 5.41) is 3.35. The first kappa shape index (κ1) is 18.8. The molecule has 0 heterocycles. The minimum absolute atomic E-state index is 0.139. The fourth-order valence-electron chi connectivity index (χ4n) is 2.46. The molecule has 2 aromatic carbocycles. The van der Waals surface area contributed by atoms with Crippen molar-refractivity contribution < 1.29 is 14.3 Å². The molecule has 0 saturated heterocycles. The van der Waals surface area contributed by atoms with Crippen LogP contribution in [0, 0.1) is 6.92 Å². The number of carbonyl (C=O) groups excluding carboxylic acids is 2. The molecule has 132 valence electrons. The molecule has 2 aromatic rings. The maximum Gasteiger partial charge on any atom is 0.226 e. The van der Waals surface area contributed by atoms with Gasteiger partial charge in [-0.3, -0.25) is 9.59 Å². The number of halogens is 1. The fourth-order valence-corrected chi connectivity index (χ4v) is 2.62. The summed E-state index contributed by atoms with van der Waals surface area (Å²) in [6.45, 7) is 3.64. The first-order chi connectivity index (χ1) is 11.9. The Bertz CT molecular complexity index is 777. The highest BCUT2D eigenvalue weighted by Gasteiger charge is 2.16. The molecule has 0 aliphatic rings. The molecule has 0 fully saturated rings. The molecule has 0 aromatic heterocycles. The van der Waals surface area contributed by atoms with Gasteiger partial charge >= 0.3 is 0 Å². The number of amides is 2. The van der Waals surface area contributed by atoms with E-state index in [4.69, 9.17) is 16.3 Å². The Morgan fingerprint density at radius 3 is 2.64 bits per heavy atom. The second kappa shape index (κ2) is 8.53. The van der Waals surface area contributed by atoms with Crippen LogP contribution in [0.2, 0.25) is 5.02 Å². The molecule has 2 rings (SSSR count). The van der Waals surface area contributed by atoms with E-state index in [1.54, 1.807) is 48.4 Å². The number of aryl methyl sites for hydroxylation is 1. The molecule has 5 nitrogen and oxygen atoms in total. The Labute approximate surface area is 152 Å². The third kappa shape index (κ3) is 5.22. The number of nitrogens with zero attached hydrogens (tertiary/aromatic N) is 1. The molecule has 0 aliphatic carbocycles. The van der Waals surface area contributed by atoms with Gasteiger partial charge in [-0.2, -0.15) is 0 Å². The maximum absolute atomic E-state index is 12.2. The zero-order valence-corrected chi connectivity index (χ0v) is 15.3.